The highest BCUT2D eigenvalue weighted by molar-refractivity contribution is 5.89. The second-order valence-electron chi connectivity index (χ2n) is 5.10. The van der Waals surface area contributed by atoms with E-state index in [4.69, 9.17) is 5.11 Å². The Balaban J connectivity index is 2.68. The minimum atomic E-state index is -0.847. The Hall–Kier alpha value is -1.92. The third kappa shape index (κ3) is 6.37. The van der Waals surface area contributed by atoms with Crippen LogP contribution in [0.5, 0.6) is 0 Å². The lowest BCUT2D eigenvalue weighted by molar-refractivity contribution is -0.138. The van der Waals surface area contributed by atoms with E-state index in [9.17, 15) is 9.59 Å². The SMILES string of the molecule is COC(=O)c1ccc(CN(CCN(C)C)CC(=O)O)cc1. The van der Waals surface area contributed by atoms with Crippen LogP contribution >= 0.6 is 0 Å². The van der Waals surface area contributed by atoms with Gasteiger partial charge in [-0.2, -0.15) is 0 Å². The first kappa shape index (κ1) is 17.1. The van der Waals surface area contributed by atoms with Crippen molar-refractivity contribution >= 4 is 11.9 Å². The summed E-state index contributed by atoms with van der Waals surface area (Å²) in [4.78, 5) is 26.1. The van der Waals surface area contributed by atoms with Crippen molar-refractivity contribution < 1.29 is 19.4 Å². The summed E-state index contributed by atoms with van der Waals surface area (Å²) in [5, 5.41) is 8.96. The zero-order valence-electron chi connectivity index (χ0n) is 12.7. The molecule has 0 aliphatic heterocycles. The lowest BCUT2D eigenvalue weighted by Gasteiger charge is -2.22. The molecule has 0 heterocycles. The van der Waals surface area contributed by atoms with Crippen LogP contribution < -0.4 is 0 Å². The molecule has 116 valence electrons. The number of rotatable bonds is 8. The van der Waals surface area contributed by atoms with Crippen molar-refractivity contribution in [3.05, 3.63) is 35.4 Å². The second-order valence-corrected chi connectivity index (χ2v) is 5.10. The van der Waals surface area contributed by atoms with Crippen LogP contribution in [0.1, 0.15) is 15.9 Å². The van der Waals surface area contributed by atoms with Crippen LogP contribution in [0.2, 0.25) is 0 Å². The summed E-state index contributed by atoms with van der Waals surface area (Å²) < 4.78 is 4.64. The van der Waals surface area contributed by atoms with Crippen molar-refractivity contribution in [3.8, 4) is 0 Å². The third-order valence-electron chi connectivity index (χ3n) is 3.00. The van der Waals surface area contributed by atoms with Crippen molar-refractivity contribution in [1.29, 1.82) is 0 Å². The highest BCUT2D eigenvalue weighted by atomic mass is 16.5. The van der Waals surface area contributed by atoms with Gasteiger partial charge < -0.3 is 14.7 Å². The summed E-state index contributed by atoms with van der Waals surface area (Å²) in [6.45, 7) is 1.97. The molecular weight excluding hydrogens is 272 g/mol. The summed E-state index contributed by atoms with van der Waals surface area (Å²) in [6.07, 6.45) is 0. The monoisotopic (exact) mass is 294 g/mol. The van der Waals surface area contributed by atoms with Crippen LogP contribution in [0.25, 0.3) is 0 Å². The molecule has 0 fully saturated rings. The molecule has 0 saturated heterocycles. The van der Waals surface area contributed by atoms with Crippen molar-refractivity contribution in [2.24, 2.45) is 0 Å². The molecule has 1 aromatic rings. The fourth-order valence-corrected chi connectivity index (χ4v) is 1.87. The van der Waals surface area contributed by atoms with E-state index in [-0.39, 0.29) is 12.5 Å². The van der Waals surface area contributed by atoms with Gasteiger partial charge in [0.25, 0.3) is 0 Å². The van der Waals surface area contributed by atoms with Crippen LogP contribution in [0.4, 0.5) is 0 Å². The molecule has 1 N–H and O–H groups in total. The molecule has 0 atom stereocenters. The summed E-state index contributed by atoms with van der Waals surface area (Å²) >= 11 is 0. The molecule has 0 aliphatic carbocycles. The summed E-state index contributed by atoms with van der Waals surface area (Å²) in [5.41, 5.74) is 1.45. The number of nitrogens with zero attached hydrogens (tertiary/aromatic N) is 2. The lowest BCUT2D eigenvalue weighted by atomic mass is 10.1. The number of esters is 1. The van der Waals surface area contributed by atoms with Gasteiger partial charge in [-0.05, 0) is 31.8 Å². The number of likely N-dealkylation sites (N-methyl/N-ethyl adjacent to an activating group) is 1. The van der Waals surface area contributed by atoms with Crippen LogP contribution in [0.3, 0.4) is 0 Å². The highest BCUT2D eigenvalue weighted by Gasteiger charge is 2.11. The molecule has 0 amide bonds. The molecule has 0 aromatic heterocycles. The van der Waals surface area contributed by atoms with E-state index < -0.39 is 5.97 Å². The van der Waals surface area contributed by atoms with Gasteiger partial charge >= 0.3 is 11.9 Å². The molecule has 6 nitrogen and oxygen atoms in total. The van der Waals surface area contributed by atoms with Gasteiger partial charge in [-0.25, -0.2) is 4.79 Å². The molecule has 0 aliphatic rings. The van der Waals surface area contributed by atoms with Gasteiger partial charge in [0.05, 0.1) is 19.2 Å². The average Bonchev–Trinajstić information content (AvgIpc) is 2.44. The molecule has 0 spiro atoms. The largest absolute Gasteiger partial charge is 0.480 e. The molecular formula is C15H22N2O4. The minimum Gasteiger partial charge on any atom is -0.480 e. The number of ether oxygens (including phenoxy) is 1. The normalized spacial score (nSPS) is 10.9. The maximum Gasteiger partial charge on any atom is 0.337 e. The first-order valence-corrected chi connectivity index (χ1v) is 6.68. The van der Waals surface area contributed by atoms with E-state index in [0.29, 0.717) is 18.7 Å². The van der Waals surface area contributed by atoms with Crippen molar-refractivity contribution in [3.63, 3.8) is 0 Å². The standard InChI is InChI=1S/C15H22N2O4/c1-16(2)8-9-17(11-14(18)19)10-12-4-6-13(7-5-12)15(20)21-3/h4-7H,8-11H2,1-3H3,(H,18,19). The van der Waals surface area contributed by atoms with Crippen LogP contribution in [0, 0.1) is 0 Å². The molecule has 0 bridgehead atoms. The van der Waals surface area contributed by atoms with E-state index in [0.717, 1.165) is 12.1 Å². The number of benzene rings is 1. The predicted octanol–water partition coefficient (Wildman–Crippen LogP) is 0.921. The molecule has 0 saturated carbocycles. The first-order valence-electron chi connectivity index (χ1n) is 6.68. The zero-order chi connectivity index (χ0) is 15.8. The quantitative estimate of drug-likeness (QED) is 0.719. The van der Waals surface area contributed by atoms with E-state index in [1.165, 1.54) is 7.11 Å². The number of carboxylic acid groups (broad SMARTS) is 1. The van der Waals surface area contributed by atoms with Gasteiger partial charge in [0.1, 0.15) is 0 Å². The topological polar surface area (TPSA) is 70.1 Å². The van der Waals surface area contributed by atoms with Gasteiger partial charge in [-0.3, -0.25) is 9.69 Å². The molecule has 0 radical (unpaired) electrons. The second kappa shape index (κ2) is 8.39. The number of carbonyl (C=O) groups is 2. The summed E-state index contributed by atoms with van der Waals surface area (Å²) in [7, 11) is 5.24. The fourth-order valence-electron chi connectivity index (χ4n) is 1.87. The Labute approximate surface area is 124 Å². The van der Waals surface area contributed by atoms with E-state index in [2.05, 4.69) is 4.74 Å². The Kier molecular flexibility index (Phi) is 6.84. The van der Waals surface area contributed by atoms with Gasteiger partial charge in [-0.15, -0.1) is 0 Å². The van der Waals surface area contributed by atoms with Gasteiger partial charge in [0, 0.05) is 19.6 Å². The van der Waals surface area contributed by atoms with Gasteiger partial charge in [0.15, 0.2) is 0 Å². The smallest absolute Gasteiger partial charge is 0.337 e. The van der Waals surface area contributed by atoms with E-state index in [1.807, 2.05) is 36.0 Å². The summed E-state index contributed by atoms with van der Waals surface area (Å²) in [6, 6.07) is 7.01. The van der Waals surface area contributed by atoms with Crippen LogP contribution in [0.15, 0.2) is 24.3 Å². The fraction of sp³-hybridized carbons (Fsp3) is 0.467. The number of aliphatic carboxylic acids is 1. The average molecular weight is 294 g/mol. The predicted molar refractivity (Wildman–Crippen MR) is 79.2 cm³/mol. The summed E-state index contributed by atoms with van der Waals surface area (Å²) in [5.74, 6) is -1.23. The number of methoxy groups -OCH3 is 1. The number of carbonyl (C=O) groups excluding carboxylic acids is 1. The van der Waals surface area contributed by atoms with Gasteiger partial charge in [-0.1, -0.05) is 12.1 Å². The Morgan fingerprint density at radius 2 is 1.76 bits per heavy atom. The Morgan fingerprint density at radius 1 is 1.14 bits per heavy atom. The molecule has 1 rings (SSSR count). The van der Waals surface area contributed by atoms with Crippen molar-refractivity contribution in [2.45, 2.75) is 6.54 Å². The van der Waals surface area contributed by atoms with E-state index in [1.54, 1.807) is 12.1 Å². The zero-order valence-corrected chi connectivity index (χ0v) is 12.7. The maximum atomic E-state index is 11.4. The maximum absolute atomic E-state index is 11.4. The first-order chi connectivity index (χ1) is 9.92. The molecule has 6 heteroatoms. The number of carboxylic acids is 1. The third-order valence-corrected chi connectivity index (χ3v) is 3.00. The van der Waals surface area contributed by atoms with E-state index >= 15 is 0 Å². The Bertz CT molecular complexity index is 471. The molecule has 0 unspecified atom stereocenters. The van der Waals surface area contributed by atoms with Crippen LogP contribution in [-0.2, 0) is 16.1 Å². The highest BCUT2D eigenvalue weighted by Crippen LogP contribution is 2.08. The van der Waals surface area contributed by atoms with Crippen molar-refractivity contribution in [2.75, 3.05) is 40.8 Å². The van der Waals surface area contributed by atoms with Crippen molar-refractivity contribution in [1.82, 2.24) is 9.80 Å². The van der Waals surface area contributed by atoms with Crippen LogP contribution in [-0.4, -0.2) is 67.7 Å². The van der Waals surface area contributed by atoms with Gasteiger partial charge in [0.2, 0.25) is 0 Å². The Morgan fingerprint density at radius 3 is 2.24 bits per heavy atom. The number of hydrogen-bond acceptors (Lipinski definition) is 5. The lowest BCUT2D eigenvalue weighted by Crippen LogP contribution is -2.35. The number of hydrogen-bond donors (Lipinski definition) is 1. The molecule has 1 aromatic carbocycles. The minimum absolute atomic E-state index is 0.00735. The molecule has 21 heavy (non-hydrogen) atoms.